The van der Waals surface area contributed by atoms with Crippen LogP contribution in [-0.4, -0.2) is 65.6 Å². The molecule has 3 rings (SSSR count). The molecule has 1 aliphatic rings. The SMILES string of the molecule is Cc1noc(C)c1CC(=O)N[C@@H]1CN(Cc2cccnc2)C[C@H]1CN(C)C. The van der Waals surface area contributed by atoms with E-state index in [9.17, 15) is 4.79 Å². The third kappa shape index (κ3) is 5.14. The minimum atomic E-state index is 0.0291. The summed E-state index contributed by atoms with van der Waals surface area (Å²) in [6, 6.07) is 4.19. The number of likely N-dealkylation sites (tertiary alicyclic amines) is 1. The van der Waals surface area contributed by atoms with Gasteiger partial charge in [0.25, 0.3) is 0 Å². The Morgan fingerprint density at radius 2 is 2.19 bits per heavy atom. The fourth-order valence-corrected chi connectivity index (χ4v) is 3.83. The average molecular weight is 371 g/mol. The molecule has 2 aromatic rings. The second-order valence-electron chi connectivity index (χ2n) is 7.73. The fourth-order valence-electron chi connectivity index (χ4n) is 3.83. The maximum absolute atomic E-state index is 12.6. The van der Waals surface area contributed by atoms with Gasteiger partial charge in [0.2, 0.25) is 5.91 Å². The molecular weight excluding hydrogens is 342 g/mol. The summed E-state index contributed by atoms with van der Waals surface area (Å²) in [5.74, 6) is 1.14. The molecular formula is C20H29N5O2. The lowest BCUT2D eigenvalue weighted by Crippen LogP contribution is -2.44. The maximum Gasteiger partial charge on any atom is 0.224 e. The first-order valence-corrected chi connectivity index (χ1v) is 9.39. The van der Waals surface area contributed by atoms with Crippen LogP contribution < -0.4 is 5.32 Å². The molecule has 0 unspecified atom stereocenters. The number of nitrogens with zero attached hydrogens (tertiary/aromatic N) is 4. The van der Waals surface area contributed by atoms with Crippen molar-refractivity contribution in [2.24, 2.45) is 5.92 Å². The maximum atomic E-state index is 12.6. The Morgan fingerprint density at radius 1 is 1.37 bits per heavy atom. The Kier molecular flexibility index (Phi) is 6.23. The molecule has 2 aromatic heterocycles. The van der Waals surface area contributed by atoms with E-state index in [0.29, 0.717) is 12.3 Å². The number of pyridine rings is 1. The predicted octanol–water partition coefficient (Wildman–Crippen LogP) is 1.41. The van der Waals surface area contributed by atoms with Crippen molar-refractivity contribution in [2.45, 2.75) is 32.9 Å². The highest BCUT2D eigenvalue weighted by atomic mass is 16.5. The molecule has 1 fully saturated rings. The average Bonchev–Trinajstić information content (AvgIpc) is 3.12. The number of carbonyl (C=O) groups excluding carboxylic acids is 1. The topological polar surface area (TPSA) is 74.5 Å². The van der Waals surface area contributed by atoms with Gasteiger partial charge < -0.3 is 14.7 Å². The van der Waals surface area contributed by atoms with Crippen LogP contribution in [0.15, 0.2) is 29.0 Å². The van der Waals surface area contributed by atoms with Gasteiger partial charge >= 0.3 is 0 Å². The van der Waals surface area contributed by atoms with Crippen molar-refractivity contribution in [3.05, 3.63) is 47.1 Å². The summed E-state index contributed by atoms with van der Waals surface area (Å²) in [5, 5.41) is 7.19. The zero-order valence-corrected chi connectivity index (χ0v) is 16.6. The summed E-state index contributed by atoms with van der Waals surface area (Å²) < 4.78 is 5.17. The van der Waals surface area contributed by atoms with Gasteiger partial charge in [-0.15, -0.1) is 0 Å². The lowest BCUT2D eigenvalue weighted by molar-refractivity contribution is -0.121. The molecule has 1 amide bonds. The van der Waals surface area contributed by atoms with Crippen molar-refractivity contribution in [3.63, 3.8) is 0 Å². The highest BCUT2D eigenvalue weighted by Crippen LogP contribution is 2.21. The van der Waals surface area contributed by atoms with E-state index in [1.165, 1.54) is 5.56 Å². The molecule has 0 radical (unpaired) electrons. The van der Waals surface area contributed by atoms with E-state index < -0.39 is 0 Å². The second kappa shape index (κ2) is 8.63. The van der Waals surface area contributed by atoms with Gasteiger partial charge in [0.15, 0.2) is 0 Å². The number of amides is 1. The lowest BCUT2D eigenvalue weighted by Gasteiger charge is -2.23. The number of nitrogens with one attached hydrogen (secondary N) is 1. The molecule has 1 saturated heterocycles. The first kappa shape index (κ1) is 19.5. The molecule has 3 heterocycles. The highest BCUT2D eigenvalue weighted by Gasteiger charge is 2.34. The van der Waals surface area contributed by atoms with Crippen LogP contribution in [0.1, 0.15) is 22.6 Å². The minimum Gasteiger partial charge on any atom is -0.361 e. The van der Waals surface area contributed by atoms with Crippen LogP contribution >= 0.6 is 0 Å². The van der Waals surface area contributed by atoms with Gasteiger partial charge in [0.1, 0.15) is 5.76 Å². The van der Waals surface area contributed by atoms with Crippen LogP contribution in [-0.2, 0) is 17.8 Å². The first-order valence-electron chi connectivity index (χ1n) is 9.39. The van der Waals surface area contributed by atoms with Gasteiger partial charge in [-0.2, -0.15) is 0 Å². The number of aryl methyl sites for hydroxylation is 2. The smallest absolute Gasteiger partial charge is 0.224 e. The molecule has 0 bridgehead atoms. The Morgan fingerprint density at radius 3 is 2.81 bits per heavy atom. The Labute approximate surface area is 160 Å². The van der Waals surface area contributed by atoms with E-state index in [-0.39, 0.29) is 11.9 Å². The van der Waals surface area contributed by atoms with Gasteiger partial charge in [-0.05, 0) is 39.6 Å². The van der Waals surface area contributed by atoms with Gasteiger partial charge in [0.05, 0.1) is 12.1 Å². The van der Waals surface area contributed by atoms with E-state index in [1.807, 2.05) is 26.1 Å². The summed E-state index contributed by atoms with van der Waals surface area (Å²) in [6.07, 6.45) is 4.01. The summed E-state index contributed by atoms with van der Waals surface area (Å²) >= 11 is 0. The van der Waals surface area contributed by atoms with Gasteiger partial charge in [0, 0.05) is 56.1 Å². The monoisotopic (exact) mass is 371 g/mol. The Bertz CT molecular complexity index is 739. The van der Waals surface area contributed by atoms with Gasteiger partial charge in [-0.1, -0.05) is 11.2 Å². The van der Waals surface area contributed by atoms with Crippen molar-refractivity contribution in [1.29, 1.82) is 0 Å². The predicted molar refractivity (Wildman–Crippen MR) is 103 cm³/mol. The second-order valence-corrected chi connectivity index (χ2v) is 7.73. The van der Waals surface area contributed by atoms with Crippen LogP contribution in [0.5, 0.6) is 0 Å². The highest BCUT2D eigenvalue weighted by molar-refractivity contribution is 5.79. The van der Waals surface area contributed by atoms with Crippen LogP contribution in [0.2, 0.25) is 0 Å². The largest absolute Gasteiger partial charge is 0.361 e. The number of rotatable bonds is 7. The molecule has 0 aliphatic carbocycles. The Balaban J connectivity index is 1.63. The number of hydrogen-bond donors (Lipinski definition) is 1. The minimum absolute atomic E-state index is 0.0291. The van der Waals surface area contributed by atoms with E-state index in [1.54, 1.807) is 6.20 Å². The first-order chi connectivity index (χ1) is 12.9. The van der Waals surface area contributed by atoms with E-state index in [2.05, 4.69) is 45.4 Å². The summed E-state index contributed by atoms with van der Waals surface area (Å²) in [4.78, 5) is 21.4. The molecule has 0 aromatic carbocycles. The zero-order chi connectivity index (χ0) is 19.4. The van der Waals surface area contributed by atoms with Crippen molar-refractivity contribution in [2.75, 3.05) is 33.7 Å². The van der Waals surface area contributed by atoms with Crippen molar-refractivity contribution in [3.8, 4) is 0 Å². The van der Waals surface area contributed by atoms with E-state index >= 15 is 0 Å². The molecule has 146 valence electrons. The summed E-state index contributed by atoms with van der Waals surface area (Å²) in [7, 11) is 4.15. The van der Waals surface area contributed by atoms with Crippen molar-refractivity contribution < 1.29 is 9.32 Å². The molecule has 7 nitrogen and oxygen atoms in total. The molecule has 0 spiro atoms. The number of hydrogen-bond acceptors (Lipinski definition) is 6. The number of aromatic nitrogens is 2. The van der Waals surface area contributed by atoms with Gasteiger partial charge in [-0.3, -0.25) is 14.7 Å². The fraction of sp³-hybridized carbons (Fsp3) is 0.550. The molecule has 1 N–H and O–H groups in total. The standard InChI is InChI=1S/C20H29N5O2/c1-14-18(15(2)27-23-14)8-20(26)22-19-13-25(12-17(19)11-24(3)4)10-16-6-5-7-21-9-16/h5-7,9,17,19H,8,10-13H2,1-4H3,(H,22,26)/t17-,19-/m1/s1. The van der Waals surface area contributed by atoms with Crippen LogP contribution in [0.4, 0.5) is 0 Å². The third-order valence-corrected chi connectivity index (χ3v) is 5.11. The molecule has 0 saturated carbocycles. The molecule has 2 atom stereocenters. The quantitative estimate of drug-likeness (QED) is 0.793. The van der Waals surface area contributed by atoms with E-state index in [0.717, 1.165) is 43.2 Å². The van der Waals surface area contributed by atoms with Crippen LogP contribution in [0.25, 0.3) is 0 Å². The molecule has 27 heavy (non-hydrogen) atoms. The third-order valence-electron chi connectivity index (χ3n) is 5.11. The Hall–Kier alpha value is -2.25. The lowest BCUT2D eigenvalue weighted by atomic mass is 10.0. The van der Waals surface area contributed by atoms with Crippen molar-refractivity contribution >= 4 is 5.91 Å². The van der Waals surface area contributed by atoms with Crippen molar-refractivity contribution in [1.82, 2.24) is 25.3 Å². The van der Waals surface area contributed by atoms with Crippen LogP contribution in [0.3, 0.4) is 0 Å². The summed E-state index contributed by atoms with van der Waals surface area (Å²) in [5.41, 5.74) is 2.88. The van der Waals surface area contributed by atoms with E-state index in [4.69, 9.17) is 4.52 Å². The van der Waals surface area contributed by atoms with Crippen LogP contribution in [0, 0.1) is 19.8 Å². The molecule has 1 aliphatic heterocycles. The zero-order valence-electron chi connectivity index (χ0n) is 16.6. The molecule has 7 heteroatoms. The van der Waals surface area contributed by atoms with Gasteiger partial charge in [-0.25, -0.2) is 0 Å². The normalized spacial score (nSPS) is 20.3. The number of carbonyl (C=O) groups is 1. The summed E-state index contributed by atoms with van der Waals surface area (Å²) in [6.45, 7) is 7.33.